The molecular formula is C13H17ClFN. The van der Waals surface area contributed by atoms with Gasteiger partial charge >= 0.3 is 0 Å². The Hall–Kier alpha value is -0.600. The van der Waals surface area contributed by atoms with Gasteiger partial charge < -0.3 is 5.32 Å². The Morgan fingerprint density at radius 2 is 2.25 bits per heavy atom. The maximum absolute atomic E-state index is 13.3. The number of nitrogens with one attached hydrogen (secondary N) is 1. The van der Waals surface area contributed by atoms with Crippen LogP contribution in [0.25, 0.3) is 0 Å². The highest BCUT2D eigenvalue weighted by molar-refractivity contribution is 6.30. The van der Waals surface area contributed by atoms with Crippen LogP contribution in [-0.4, -0.2) is 13.1 Å². The monoisotopic (exact) mass is 241 g/mol. The second-order valence-electron chi connectivity index (χ2n) is 4.47. The molecule has 0 radical (unpaired) electrons. The van der Waals surface area contributed by atoms with Gasteiger partial charge in [0.15, 0.2) is 0 Å². The lowest BCUT2D eigenvalue weighted by molar-refractivity contribution is 0.317. The Morgan fingerprint density at radius 3 is 2.94 bits per heavy atom. The zero-order chi connectivity index (χ0) is 11.5. The van der Waals surface area contributed by atoms with Gasteiger partial charge in [0.25, 0.3) is 0 Å². The van der Waals surface area contributed by atoms with Gasteiger partial charge in [0.1, 0.15) is 5.82 Å². The molecule has 1 aromatic carbocycles. The van der Waals surface area contributed by atoms with Gasteiger partial charge in [-0.2, -0.15) is 0 Å². The lowest BCUT2D eigenvalue weighted by Gasteiger charge is -2.32. The van der Waals surface area contributed by atoms with Crippen LogP contribution in [0, 0.1) is 11.7 Å². The molecule has 0 spiro atoms. The minimum absolute atomic E-state index is 0.226. The second-order valence-corrected chi connectivity index (χ2v) is 4.91. The van der Waals surface area contributed by atoms with Crippen molar-refractivity contribution in [3.8, 4) is 0 Å². The molecule has 0 aliphatic carbocycles. The van der Waals surface area contributed by atoms with Crippen molar-refractivity contribution in [1.29, 1.82) is 0 Å². The molecule has 2 rings (SSSR count). The first-order valence-electron chi connectivity index (χ1n) is 5.87. The van der Waals surface area contributed by atoms with Crippen molar-refractivity contribution in [2.24, 2.45) is 5.92 Å². The molecule has 2 unspecified atom stereocenters. The fraction of sp³-hybridized carbons (Fsp3) is 0.538. The average Bonchev–Trinajstić information content (AvgIpc) is 2.27. The van der Waals surface area contributed by atoms with Crippen molar-refractivity contribution in [1.82, 2.24) is 5.32 Å². The number of hydrogen-bond acceptors (Lipinski definition) is 1. The zero-order valence-corrected chi connectivity index (χ0v) is 10.2. The standard InChI is InChI=1S/C13H17ClFN/c1-2-9-8-16-4-3-13(9)10-5-11(14)7-12(15)6-10/h5-7,9,13,16H,2-4,8H2,1H3. The molecular weight excluding hydrogens is 225 g/mol. The first-order chi connectivity index (χ1) is 7.70. The first-order valence-corrected chi connectivity index (χ1v) is 6.25. The van der Waals surface area contributed by atoms with E-state index in [2.05, 4.69) is 12.2 Å². The highest BCUT2D eigenvalue weighted by Crippen LogP contribution is 2.33. The normalized spacial score (nSPS) is 25.7. The van der Waals surface area contributed by atoms with Crippen molar-refractivity contribution >= 4 is 11.6 Å². The molecule has 1 nitrogen and oxygen atoms in total. The average molecular weight is 242 g/mol. The Labute approximate surface area is 101 Å². The van der Waals surface area contributed by atoms with Crippen molar-refractivity contribution in [3.63, 3.8) is 0 Å². The Balaban J connectivity index is 2.26. The van der Waals surface area contributed by atoms with E-state index in [0.717, 1.165) is 31.5 Å². The van der Waals surface area contributed by atoms with E-state index in [9.17, 15) is 4.39 Å². The van der Waals surface area contributed by atoms with E-state index in [1.54, 1.807) is 6.07 Å². The second kappa shape index (κ2) is 5.15. The maximum Gasteiger partial charge on any atom is 0.124 e. The summed E-state index contributed by atoms with van der Waals surface area (Å²) in [6, 6.07) is 4.90. The van der Waals surface area contributed by atoms with Gasteiger partial charge in [-0.05, 0) is 55.1 Å². The summed E-state index contributed by atoms with van der Waals surface area (Å²) < 4.78 is 13.3. The summed E-state index contributed by atoms with van der Waals surface area (Å²) in [5.41, 5.74) is 1.05. The third-order valence-corrected chi connectivity index (χ3v) is 3.66. The van der Waals surface area contributed by atoms with Gasteiger partial charge in [0, 0.05) is 5.02 Å². The number of halogens is 2. The van der Waals surface area contributed by atoms with E-state index >= 15 is 0 Å². The van der Waals surface area contributed by atoms with Crippen LogP contribution in [0.4, 0.5) is 4.39 Å². The van der Waals surface area contributed by atoms with E-state index < -0.39 is 0 Å². The Morgan fingerprint density at radius 1 is 1.44 bits per heavy atom. The fourth-order valence-corrected chi connectivity index (χ4v) is 2.81. The Bertz CT molecular complexity index is 347. The molecule has 1 heterocycles. The van der Waals surface area contributed by atoms with Gasteiger partial charge in [-0.1, -0.05) is 24.9 Å². The van der Waals surface area contributed by atoms with Crippen molar-refractivity contribution in [2.45, 2.75) is 25.7 Å². The summed E-state index contributed by atoms with van der Waals surface area (Å²) in [5.74, 6) is 0.807. The van der Waals surface area contributed by atoms with Crippen LogP contribution in [0.2, 0.25) is 5.02 Å². The van der Waals surface area contributed by atoms with E-state index in [4.69, 9.17) is 11.6 Å². The molecule has 2 atom stereocenters. The molecule has 88 valence electrons. The van der Waals surface area contributed by atoms with Gasteiger partial charge in [-0.25, -0.2) is 4.39 Å². The van der Waals surface area contributed by atoms with Crippen LogP contribution in [0.1, 0.15) is 31.2 Å². The van der Waals surface area contributed by atoms with Gasteiger partial charge in [0.05, 0.1) is 0 Å². The van der Waals surface area contributed by atoms with Gasteiger partial charge in [0.2, 0.25) is 0 Å². The summed E-state index contributed by atoms with van der Waals surface area (Å²) >= 11 is 5.90. The van der Waals surface area contributed by atoms with Crippen LogP contribution in [0.15, 0.2) is 18.2 Å². The van der Waals surface area contributed by atoms with Crippen LogP contribution in [0.3, 0.4) is 0 Å². The summed E-state index contributed by atoms with van der Waals surface area (Å²) in [6.45, 7) is 4.22. The zero-order valence-electron chi connectivity index (χ0n) is 9.47. The molecule has 1 aromatic rings. The predicted molar refractivity (Wildman–Crippen MR) is 65.4 cm³/mol. The quantitative estimate of drug-likeness (QED) is 0.835. The van der Waals surface area contributed by atoms with Crippen LogP contribution < -0.4 is 5.32 Å². The smallest absolute Gasteiger partial charge is 0.124 e. The molecule has 1 aliphatic heterocycles. The van der Waals surface area contributed by atoms with Gasteiger partial charge in [-0.3, -0.25) is 0 Å². The number of rotatable bonds is 2. The van der Waals surface area contributed by atoms with Crippen LogP contribution in [-0.2, 0) is 0 Å². The van der Waals surface area contributed by atoms with Crippen molar-refractivity contribution in [2.75, 3.05) is 13.1 Å². The molecule has 16 heavy (non-hydrogen) atoms. The van der Waals surface area contributed by atoms with Crippen LogP contribution in [0.5, 0.6) is 0 Å². The third kappa shape index (κ3) is 2.55. The fourth-order valence-electron chi connectivity index (χ4n) is 2.58. The third-order valence-electron chi connectivity index (χ3n) is 3.45. The summed E-state index contributed by atoms with van der Waals surface area (Å²) in [4.78, 5) is 0. The van der Waals surface area contributed by atoms with Crippen molar-refractivity contribution in [3.05, 3.63) is 34.6 Å². The number of benzene rings is 1. The summed E-state index contributed by atoms with van der Waals surface area (Å²) in [7, 11) is 0. The molecule has 1 fully saturated rings. The van der Waals surface area contributed by atoms with Gasteiger partial charge in [-0.15, -0.1) is 0 Å². The molecule has 0 amide bonds. The minimum atomic E-state index is -0.226. The largest absolute Gasteiger partial charge is 0.316 e. The Kier molecular flexibility index (Phi) is 3.82. The molecule has 1 aliphatic rings. The number of hydrogen-bond donors (Lipinski definition) is 1. The molecule has 0 aromatic heterocycles. The highest BCUT2D eigenvalue weighted by Gasteiger charge is 2.25. The van der Waals surface area contributed by atoms with Crippen molar-refractivity contribution < 1.29 is 4.39 Å². The SMILES string of the molecule is CCC1CNCCC1c1cc(F)cc(Cl)c1. The predicted octanol–water partition coefficient (Wildman–Crippen LogP) is 3.58. The molecule has 1 N–H and O–H groups in total. The molecule has 0 saturated carbocycles. The molecule has 1 saturated heterocycles. The van der Waals surface area contributed by atoms with E-state index in [1.807, 2.05) is 6.07 Å². The lowest BCUT2D eigenvalue weighted by atomic mass is 9.80. The first kappa shape index (κ1) is 11.9. The van der Waals surface area contributed by atoms with E-state index in [1.165, 1.54) is 6.07 Å². The van der Waals surface area contributed by atoms with E-state index in [-0.39, 0.29) is 5.82 Å². The van der Waals surface area contributed by atoms with E-state index in [0.29, 0.717) is 16.9 Å². The van der Waals surface area contributed by atoms with Crippen LogP contribution >= 0.6 is 11.6 Å². The lowest BCUT2D eigenvalue weighted by Crippen LogP contribution is -2.35. The molecule has 3 heteroatoms. The number of piperidine rings is 1. The maximum atomic E-state index is 13.3. The summed E-state index contributed by atoms with van der Waals surface area (Å²) in [5, 5.41) is 3.89. The summed E-state index contributed by atoms with van der Waals surface area (Å²) in [6.07, 6.45) is 2.18. The highest BCUT2D eigenvalue weighted by atomic mass is 35.5. The minimum Gasteiger partial charge on any atom is -0.316 e. The molecule has 0 bridgehead atoms. The topological polar surface area (TPSA) is 12.0 Å².